The zero-order valence-corrected chi connectivity index (χ0v) is 12.7. The van der Waals surface area contributed by atoms with Gasteiger partial charge in [0.15, 0.2) is 0 Å². The number of halogens is 1. The van der Waals surface area contributed by atoms with Crippen LogP contribution in [0.4, 0.5) is 0 Å². The second-order valence-corrected chi connectivity index (χ2v) is 6.27. The van der Waals surface area contributed by atoms with E-state index in [1.165, 1.54) is 0 Å². The lowest BCUT2D eigenvalue weighted by Crippen LogP contribution is -2.37. The van der Waals surface area contributed by atoms with Crippen LogP contribution >= 0.6 is 15.9 Å². The molecule has 0 aliphatic heterocycles. The Morgan fingerprint density at radius 2 is 2.06 bits per heavy atom. The van der Waals surface area contributed by atoms with Gasteiger partial charge in [0.2, 0.25) is 0 Å². The molecule has 1 N–H and O–H groups in total. The number of aromatic nitrogens is 1. The number of hydrogen-bond donors (Lipinski definition) is 1. The van der Waals surface area contributed by atoms with Crippen molar-refractivity contribution in [3.8, 4) is 0 Å². The van der Waals surface area contributed by atoms with Crippen LogP contribution in [-0.4, -0.2) is 37.1 Å². The molecule has 0 aliphatic rings. The molecule has 1 rings (SSSR count). The fraction of sp³-hybridized carbons (Fsp3) is 0.615. The van der Waals surface area contributed by atoms with Crippen LogP contribution in [0.25, 0.3) is 0 Å². The van der Waals surface area contributed by atoms with Crippen LogP contribution in [0, 0.1) is 5.41 Å². The smallest absolute Gasteiger partial charge is 0.106 e. The first-order valence-electron chi connectivity index (χ1n) is 5.86. The largest absolute Gasteiger partial charge is 0.311 e. The zero-order valence-electron chi connectivity index (χ0n) is 11.1. The monoisotopic (exact) mass is 299 g/mol. The summed E-state index contributed by atoms with van der Waals surface area (Å²) in [5.41, 5.74) is 1.34. The summed E-state index contributed by atoms with van der Waals surface area (Å²) in [6.45, 7) is 7.42. The van der Waals surface area contributed by atoms with E-state index in [0.29, 0.717) is 0 Å². The summed E-state index contributed by atoms with van der Waals surface area (Å²) in [6, 6.07) is 6.00. The molecule has 96 valence electrons. The topological polar surface area (TPSA) is 28.2 Å². The van der Waals surface area contributed by atoms with Gasteiger partial charge in [-0.25, -0.2) is 4.98 Å². The van der Waals surface area contributed by atoms with Crippen molar-refractivity contribution in [1.29, 1.82) is 0 Å². The Labute approximate surface area is 113 Å². The summed E-state index contributed by atoms with van der Waals surface area (Å²) in [4.78, 5) is 6.62. The van der Waals surface area contributed by atoms with Gasteiger partial charge in [-0.3, -0.25) is 0 Å². The highest BCUT2D eigenvalue weighted by Gasteiger charge is 2.18. The first-order valence-corrected chi connectivity index (χ1v) is 6.65. The molecule has 1 aromatic heterocycles. The number of nitrogens with zero attached hydrogens (tertiary/aromatic N) is 2. The molecular weight excluding hydrogens is 278 g/mol. The lowest BCUT2D eigenvalue weighted by molar-refractivity contribution is 0.232. The molecule has 0 atom stereocenters. The summed E-state index contributed by atoms with van der Waals surface area (Å²) in [5, 5.41) is 3.46. The average molecular weight is 300 g/mol. The first kappa shape index (κ1) is 14.6. The molecule has 0 saturated heterocycles. The quantitative estimate of drug-likeness (QED) is 0.818. The Bertz CT molecular complexity index is 350. The van der Waals surface area contributed by atoms with Gasteiger partial charge < -0.3 is 10.2 Å². The van der Waals surface area contributed by atoms with E-state index in [2.05, 4.69) is 59.1 Å². The van der Waals surface area contributed by atoms with E-state index < -0.39 is 0 Å². The van der Waals surface area contributed by atoms with Gasteiger partial charge >= 0.3 is 0 Å². The molecule has 1 heterocycles. The van der Waals surface area contributed by atoms with E-state index in [4.69, 9.17) is 0 Å². The van der Waals surface area contributed by atoms with Crippen LogP contribution in [0.2, 0.25) is 0 Å². The van der Waals surface area contributed by atoms with E-state index >= 15 is 0 Å². The molecule has 0 amide bonds. The van der Waals surface area contributed by atoms with Gasteiger partial charge in [0.05, 0.1) is 5.69 Å². The summed E-state index contributed by atoms with van der Waals surface area (Å²) < 4.78 is 0.893. The molecule has 0 unspecified atom stereocenters. The van der Waals surface area contributed by atoms with Gasteiger partial charge in [-0.05, 0) is 47.6 Å². The van der Waals surface area contributed by atoms with Crippen LogP contribution in [0.3, 0.4) is 0 Å². The maximum atomic E-state index is 4.40. The third-order valence-electron chi connectivity index (χ3n) is 2.43. The van der Waals surface area contributed by atoms with Crippen molar-refractivity contribution in [1.82, 2.24) is 15.2 Å². The second kappa shape index (κ2) is 6.47. The normalized spacial score (nSPS) is 12.1. The summed E-state index contributed by atoms with van der Waals surface area (Å²) in [6.07, 6.45) is 0. The maximum Gasteiger partial charge on any atom is 0.106 e. The van der Waals surface area contributed by atoms with Crippen LogP contribution in [0.15, 0.2) is 22.8 Å². The van der Waals surface area contributed by atoms with Crippen molar-refractivity contribution in [3.05, 3.63) is 28.5 Å². The SMILES string of the molecule is CN(C)CC(C)(C)CNCc1cccc(Br)n1. The van der Waals surface area contributed by atoms with E-state index in [1.807, 2.05) is 18.2 Å². The highest BCUT2D eigenvalue weighted by atomic mass is 79.9. The Hall–Kier alpha value is -0.450. The third kappa shape index (κ3) is 6.15. The van der Waals surface area contributed by atoms with Gasteiger partial charge in [-0.1, -0.05) is 19.9 Å². The lowest BCUT2D eigenvalue weighted by Gasteiger charge is -2.28. The molecular formula is C13H22BrN3. The van der Waals surface area contributed by atoms with Gasteiger partial charge in [-0.15, -0.1) is 0 Å². The molecule has 0 aromatic carbocycles. The molecule has 17 heavy (non-hydrogen) atoms. The summed E-state index contributed by atoms with van der Waals surface area (Å²) >= 11 is 3.38. The summed E-state index contributed by atoms with van der Waals surface area (Å²) in [7, 11) is 4.22. The minimum Gasteiger partial charge on any atom is -0.311 e. The molecule has 0 aliphatic carbocycles. The van der Waals surface area contributed by atoms with Crippen molar-refractivity contribution in [3.63, 3.8) is 0 Å². The number of hydrogen-bond acceptors (Lipinski definition) is 3. The number of rotatable bonds is 6. The first-order chi connectivity index (χ1) is 7.89. The number of nitrogens with one attached hydrogen (secondary N) is 1. The van der Waals surface area contributed by atoms with E-state index in [-0.39, 0.29) is 5.41 Å². The highest BCUT2D eigenvalue weighted by Crippen LogP contribution is 2.14. The van der Waals surface area contributed by atoms with Crippen LogP contribution < -0.4 is 5.32 Å². The Balaban J connectivity index is 2.37. The van der Waals surface area contributed by atoms with Crippen molar-refractivity contribution in [2.75, 3.05) is 27.2 Å². The molecule has 3 nitrogen and oxygen atoms in total. The molecule has 0 fully saturated rings. The molecule has 4 heteroatoms. The van der Waals surface area contributed by atoms with E-state index in [0.717, 1.165) is 29.9 Å². The fourth-order valence-electron chi connectivity index (χ4n) is 1.99. The minimum absolute atomic E-state index is 0.273. The molecule has 0 radical (unpaired) electrons. The Morgan fingerprint density at radius 1 is 1.35 bits per heavy atom. The standard InChI is InChI=1S/C13H22BrN3/c1-13(2,10-17(3)4)9-15-8-11-6-5-7-12(14)16-11/h5-7,15H,8-10H2,1-4H3. The van der Waals surface area contributed by atoms with E-state index in [1.54, 1.807) is 0 Å². The van der Waals surface area contributed by atoms with Crippen LogP contribution in [0.5, 0.6) is 0 Å². The molecule has 0 bridgehead atoms. The molecule has 0 saturated carbocycles. The number of pyridine rings is 1. The van der Waals surface area contributed by atoms with Crippen molar-refractivity contribution in [2.24, 2.45) is 5.41 Å². The molecule has 1 aromatic rings. The van der Waals surface area contributed by atoms with E-state index in [9.17, 15) is 0 Å². The lowest BCUT2D eigenvalue weighted by atomic mass is 9.93. The zero-order chi connectivity index (χ0) is 12.9. The van der Waals surface area contributed by atoms with Gasteiger partial charge in [0.1, 0.15) is 4.60 Å². The van der Waals surface area contributed by atoms with Crippen LogP contribution in [0.1, 0.15) is 19.5 Å². The summed E-state index contributed by atoms with van der Waals surface area (Å²) in [5.74, 6) is 0. The van der Waals surface area contributed by atoms with Gasteiger partial charge in [0, 0.05) is 19.6 Å². The molecule has 0 spiro atoms. The van der Waals surface area contributed by atoms with Gasteiger partial charge in [-0.2, -0.15) is 0 Å². The predicted octanol–water partition coefficient (Wildman–Crippen LogP) is 2.52. The highest BCUT2D eigenvalue weighted by molar-refractivity contribution is 9.10. The third-order valence-corrected chi connectivity index (χ3v) is 2.87. The van der Waals surface area contributed by atoms with Crippen LogP contribution in [-0.2, 0) is 6.54 Å². The van der Waals surface area contributed by atoms with Gasteiger partial charge in [0.25, 0.3) is 0 Å². The van der Waals surface area contributed by atoms with Crippen molar-refractivity contribution >= 4 is 15.9 Å². The minimum atomic E-state index is 0.273. The van der Waals surface area contributed by atoms with Crippen molar-refractivity contribution in [2.45, 2.75) is 20.4 Å². The van der Waals surface area contributed by atoms with Crippen molar-refractivity contribution < 1.29 is 0 Å². The Kier molecular flexibility index (Phi) is 5.56. The average Bonchev–Trinajstić information content (AvgIpc) is 2.15. The Morgan fingerprint density at radius 3 is 2.65 bits per heavy atom. The second-order valence-electron chi connectivity index (χ2n) is 5.46. The maximum absolute atomic E-state index is 4.40. The fourth-order valence-corrected chi connectivity index (χ4v) is 2.37. The predicted molar refractivity (Wildman–Crippen MR) is 76.0 cm³/mol.